The molecule has 0 unspecified atom stereocenters. The molecule has 1 aliphatic rings. The average Bonchev–Trinajstić information content (AvgIpc) is 3.17. The molecule has 0 aromatic heterocycles. The summed E-state index contributed by atoms with van der Waals surface area (Å²) in [5.74, 6) is -0.921. The van der Waals surface area contributed by atoms with Crippen LogP contribution in [-0.4, -0.2) is 23.5 Å². The van der Waals surface area contributed by atoms with Crippen LogP contribution >= 0.6 is 0 Å². The molecule has 0 saturated heterocycles. The number of hydrogen-bond donors (Lipinski definition) is 3. The van der Waals surface area contributed by atoms with E-state index in [1.54, 1.807) is 12.1 Å². The molecule has 2 rings (SSSR count). The van der Waals surface area contributed by atoms with E-state index in [0.29, 0.717) is 31.4 Å². The zero-order valence-corrected chi connectivity index (χ0v) is 10.7. The maximum Gasteiger partial charge on any atom is 0.311 e. The maximum atomic E-state index is 11.7. The first-order valence-corrected chi connectivity index (χ1v) is 6.36. The van der Waals surface area contributed by atoms with Crippen LogP contribution in [0.3, 0.4) is 0 Å². The minimum Gasteiger partial charge on any atom is -0.481 e. The van der Waals surface area contributed by atoms with Crippen LogP contribution in [0, 0.1) is 5.41 Å². The van der Waals surface area contributed by atoms with Gasteiger partial charge in [-0.3, -0.25) is 9.59 Å². The van der Waals surface area contributed by atoms with Crippen LogP contribution in [0.2, 0.25) is 0 Å². The number of carbonyl (C=O) groups is 2. The predicted molar refractivity (Wildman–Crippen MR) is 71.5 cm³/mol. The summed E-state index contributed by atoms with van der Waals surface area (Å²) in [6.07, 6.45) is 2.30. The predicted octanol–water partition coefficient (Wildman–Crippen LogP) is 1.18. The Bertz CT molecular complexity index is 478. The van der Waals surface area contributed by atoms with E-state index in [0.717, 1.165) is 5.56 Å². The number of benzene rings is 1. The van der Waals surface area contributed by atoms with Gasteiger partial charge in [-0.2, -0.15) is 0 Å². The fourth-order valence-electron chi connectivity index (χ4n) is 1.92. The van der Waals surface area contributed by atoms with E-state index in [1.165, 1.54) is 0 Å². The van der Waals surface area contributed by atoms with E-state index in [2.05, 4.69) is 5.32 Å². The van der Waals surface area contributed by atoms with Gasteiger partial charge < -0.3 is 16.2 Å². The lowest BCUT2D eigenvalue weighted by molar-refractivity contribution is -0.143. The van der Waals surface area contributed by atoms with Crippen molar-refractivity contribution >= 4 is 17.6 Å². The van der Waals surface area contributed by atoms with Gasteiger partial charge in [0.25, 0.3) is 0 Å². The monoisotopic (exact) mass is 262 g/mol. The van der Waals surface area contributed by atoms with Crippen molar-refractivity contribution in [2.24, 2.45) is 5.41 Å². The molecule has 5 nitrogen and oxygen atoms in total. The van der Waals surface area contributed by atoms with Gasteiger partial charge in [-0.15, -0.1) is 0 Å². The van der Waals surface area contributed by atoms with Crippen molar-refractivity contribution in [1.82, 2.24) is 5.32 Å². The highest BCUT2D eigenvalue weighted by molar-refractivity contribution is 5.81. The zero-order valence-electron chi connectivity index (χ0n) is 10.7. The molecule has 19 heavy (non-hydrogen) atoms. The second kappa shape index (κ2) is 5.30. The Labute approximate surface area is 111 Å². The lowest BCUT2D eigenvalue weighted by Crippen LogP contribution is -2.34. The average molecular weight is 262 g/mol. The van der Waals surface area contributed by atoms with E-state index in [4.69, 9.17) is 10.8 Å². The number of carbonyl (C=O) groups excluding carboxylic acids is 1. The number of nitrogen functional groups attached to an aromatic ring is 1. The van der Waals surface area contributed by atoms with Crippen LogP contribution in [0.25, 0.3) is 0 Å². The number of aryl methyl sites for hydroxylation is 1. The molecule has 1 fully saturated rings. The first-order chi connectivity index (χ1) is 9.02. The van der Waals surface area contributed by atoms with Gasteiger partial charge in [0.2, 0.25) is 5.91 Å². The highest BCUT2D eigenvalue weighted by atomic mass is 16.4. The molecular formula is C14H18N2O3. The quantitative estimate of drug-likeness (QED) is 0.671. The van der Waals surface area contributed by atoms with Crippen molar-refractivity contribution in [3.63, 3.8) is 0 Å². The van der Waals surface area contributed by atoms with Crippen molar-refractivity contribution in [3.8, 4) is 0 Å². The molecule has 0 atom stereocenters. The van der Waals surface area contributed by atoms with Gasteiger partial charge >= 0.3 is 5.97 Å². The van der Waals surface area contributed by atoms with Crippen molar-refractivity contribution in [2.45, 2.75) is 25.7 Å². The van der Waals surface area contributed by atoms with Crippen molar-refractivity contribution < 1.29 is 14.7 Å². The first kappa shape index (κ1) is 13.4. The minimum atomic E-state index is -0.814. The van der Waals surface area contributed by atoms with Gasteiger partial charge in [0.15, 0.2) is 0 Å². The van der Waals surface area contributed by atoms with Gasteiger partial charge in [0, 0.05) is 18.7 Å². The second-order valence-corrected chi connectivity index (χ2v) is 5.10. The third-order valence-corrected chi connectivity index (χ3v) is 3.55. The molecule has 1 aliphatic carbocycles. The second-order valence-electron chi connectivity index (χ2n) is 5.10. The van der Waals surface area contributed by atoms with E-state index < -0.39 is 11.4 Å². The van der Waals surface area contributed by atoms with E-state index >= 15 is 0 Å². The van der Waals surface area contributed by atoms with Crippen LogP contribution in [0.15, 0.2) is 24.3 Å². The largest absolute Gasteiger partial charge is 0.481 e. The van der Waals surface area contributed by atoms with Gasteiger partial charge in [-0.05, 0) is 37.0 Å². The number of amides is 1. The van der Waals surface area contributed by atoms with Crippen molar-refractivity contribution in [3.05, 3.63) is 29.8 Å². The van der Waals surface area contributed by atoms with Crippen LogP contribution < -0.4 is 11.1 Å². The number of anilines is 1. The lowest BCUT2D eigenvalue weighted by atomic mass is 10.1. The number of nitrogens with one attached hydrogen (secondary N) is 1. The summed E-state index contributed by atoms with van der Waals surface area (Å²) in [6.45, 7) is 0.239. The molecule has 1 aromatic rings. The molecule has 1 saturated carbocycles. The zero-order chi connectivity index (χ0) is 13.9. The number of rotatable bonds is 6. The summed E-state index contributed by atoms with van der Waals surface area (Å²) in [6, 6.07) is 7.39. The van der Waals surface area contributed by atoms with Crippen molar-refractivity contribution in [1.29, 1.82) is 0 Å². The number of carboxylic acid groups (broad SMARTS) is 1. The summed E-state index contributed by atoms with van der Waals surface area (Å²) >= 11 is 0. The minimum absolute atomic E-state index is 0.107. The molecule has 102 valence electrons. The van der Waals surface area contributed by atoms with Crippen LogP contribution in [0.1, 0.15) is 24.8 Å². The van der Waals surface area contributed by atoms with Crippen LogP contribution in [-0.2, 0) is 16.0 Å². The fraction of sp³-hybridized carbons (Fsp3) is 0.429. The Morgan fingerprint density at radius 3 is 2.42 bits per heavy atom. The SMILES string of the molecule is Nc1ccc(CCC(=O)NCC2(C(=O)O)CC2)cc1. The molecule has 0 radical (unpaired) electrons. The summed E-state index contributed by atoms with van der Waals surface area (Å²) in [7, 11) is 0. The summed E-state index contributed by atoms with van der Waals surface area (Å²) in [5, 5.41) is 11.7. The third kappa shape index (κ3) is 3.47. The summed E-state index contributed by atoms with van der Waals surface area (Å²) < 4.78 is 0. The van der Waals surface area contributed by atoms with Gasteiger partial charge in [0.1, 0.15) is 0 Å². The molecule has 0 aliphatic heterocycles. The fourth-order valence-corrected chi connectivity index (χ4v) is 1.92. The van der Waals surface area contributed by atoms with Gasteiger partial charge in [-0.25, -0.2) is 0 Å². The standard InChI is InChI=1S/C14H18N2O3/c15-11-4-1-10(2-5-11)3-6-12(17)16-9-14(7-8-14)13(18)19/h1-2,4-5H,3,6-9,15H2,(H,16,17)(H,18,19). The van der Waals surface area contributed by atoms with Crippen molar-refractivity contribution in [2.75, 3.05) is 12.3 Å². The normalized spacial score (nSPS) is 15.8. The Morgan fingerprint density at radius 2 is 1.89 bits per heavy atom. The Hall–Kier alpha value is -2.04. The molecule has 0 bridgehead atoms. The number of hydrogen-bond acceptors (Lipinski definition) is 3. The van der Waals surface area contributed by atoms with E-state index in [-0.39, 0.29) is 12.5 Å². The topological polar surface area (TPSA) is 92.4 Å². The maximum absolute atomic E-state index is 11.7. The smallest absolute Gasteiger partial charge is 0.311 e. The van der Waals surface area contributed by atoms with E-state index in [1.807, 2.05) is 12.1 Å². The van der Waals surface area contributed by atoms with Crippen LogP contribution in [0.4, 0.5) is 5.69 Å². The van der Waals surface area contributed by atoms with Gasteiger partial charge in [-0.1, -0.05) is 12.1 Å². The molecule has 1 aromatic carbocycles. The number of nitrogens with two attached hydrogens (primary N) is 1. The highest BCUT2D eigenvalue weighted by Gasteiger charge is 2.50. The number of aliphatic carboxylic acids is 1. The molecule has 5 heteroatoms. The molecule has 1 amide bonds. The summed E-state index contributed by atoms with van der Waals surface area (Å²) in [5.41, 5.74) is 6.63. The Morgan fingerprint density at radius 1 is 1.26 bits per heavy atom. The third-order valence-electron chi connectivity index (χ3n) is 3.55. The molecule has 4 N–H and O–H groups in total. The molecule has 0 heterocycles. The number of carboxylic acids is 1. The lowest BCUT2D eigenvalue weighted by Gasteiger charge is -2.11. The highest BCUT2D eigenvalue weighted by Crippen LogP contribution is 2.45. The molecular weight excluding hydrogens is 244 g/mol. The summed E-state index contributed by atoms with van der Waals surface area (Å²) in [4.78, 5) is 22.6. The van der Waals surface area contributed by atoms with E-state index in [9.17, 15) is 9.59 Å². The Kier molecular flexibility index (Phi) is 3.74. The van der Waals surface area contributed by atoms with Gasteiger partial charge in [0.05, 0.1) is 5.41 Å². The Balaban J connectivity index is 1.73. The van der Waals surface area contributed by atoms with Crippen LogP contribution in [0.5, 0.6) is 0 Å². The first-order valence-electron chi connectivity index (χ1n) is 6.36. The molecule has 0 spiro atoms.